The number of carbonyl (C=O) groups is 2. The molecule has 0 saturated heterocycles. The highest BCUT2D eigenvalue weighted by Crippen LogP contribution is 2.03. The van der Waals surface area contributed by atoms with Crippen molar-refractivity contribution in [1.82, 2.24) is 0 Å². The topological polar surface area (TPSA) is 115 Å². The number of aliphatic hydroxyl groups is 2. The van der Waals surface area contributed by atoms with E-state index in [2.05, 4.69) is 0 Å². The first-order valence-corrected chi connectivity index (χ1v) is 4.25. The van der Waals surface area contributed by atoms with Gasteiger partial charge in [0.1, 0.15) is 0 Å². The summed E-state index contributed by atoms with van der Waals surface area (Å²) >= 11 is 14.4. The van der Waals surface area contributed by atoms with Gasteiger partial charge in [0, 0.05) is 0 Å². The first-order valence-electron chi connectivity index (χ1n) is 2.94. The minimum Gasteiger partial charge on any atom is -0.479 e. The number of halogens is 3. The van der Waals surface area contributed by atoms with Crippen LogP contribution in [0.15, 0.2) is 0 Å². The number of aliphatic hydroxyl groups excluding tert-OH is 2. The molecular formula is C5H7Cl3O6. The Morgan fingerprint density at radius 3 is 1.07 bits per heavy atom. The van der Waals surface area contributed by atoms with Gasteiger partial charge in [-0.2, -0.15) is 0 Å². The minimum absolute atomic E-state index is 0.750. The van der Waals surface area contributed by atoms with Gasteiger partial charge in [-0.25, -0.2) is 9.59 Å². The van der Waals surface area contributed by atoms with E-state index in [1.165, 1.54) is 0 Å². The molecule has 0 fully saturated rings. The van der Waals surface area contributed by atoms with Crippen LogP contribution in [0.2, 0.25) is 0 Å². The van der Waals surface area contributed by atoms with Crippen molar-refractivity contribution in [1.29, 1.82) is 0 Å². The van der Waals surface area contributed by atoms with E-state index in [-0.39, 0.29) is 0 Å². The third kappa shape index (κ3) is 9.82. The van der Waals surface area contributed by atoms with Crippen molar-refractivity contribution in [3.63, 3.8) is 0 Å². The average molecular weight is 269 g/mol. The molecule has 0 heterocycles. The molecule has 0 aromatic heterocycles. The molecule has 0 aliphatic rings. The lowest BCUT2D eigenvalue weighted by molar-refractivity contribution is -0.165. The molecule has 0 bridgehead atoms. The molecule has 0 radical (unpaired) electrons. The summed E-state index contributed by atoms with van der Waals surface area (Å²) in [6.45, 7) is 0. The molecule has 0 aromatic carbocycles. The second-order valence-corrected chi connectivity index (χ2v) is 3.79. The maximum absolute atomic E-state index is 9.77. The van der Waals surface area contributed by atoms with E-state index in [0.29, 0.717) is 0 Å². The number of hydrogen-bond donors (Lipinski definition) is 4. The monoisotopic (exact) mass is 268 g/mol. The van der Waals surface area contributed by atoms with Gasteiger partial charge in [-0.05, 0) is 0 Å². The Hall–Kier alpha value is -0.270. The first-order chi connectivity index (χ1) is 6.20. The van der Waals surface area contributed by atoms with Crippen LogP contribution in [-0.2, 0) is 9.59 Å². The van der Waals surface area contributed by atoms with Crippen molar-refractivity contribution in [3.05, 3.63) is 0 Å². The largest absolute Gasteiger partial charge is 0.479 e. The Morgan fingerprint density at radius 2 is 1.00 bits per heavy atom. The van der Waals surface area contributed by atoms with Crippen molar-refractivity contribution >= 4 is 46.7 Å². The number of alkyl halides is 3. The Morgan fingerprint density at radius 1 is 0.857 bits per heavy atom. The summed E-state index contributed by atoms with van der Waals surface area (Å²) in [6.07, 6.45) is -4.53. The van der Waals surface area contributed by atoms with E-state index in [4.69, 9.17) is 55.2 Å². The predicted octanol–water partition coefficient (Wildman–Crippen LogP) is -0.136. The predicted molar refractivity (Wildman–Crippen MR) is 48.6 cm³/mol. The molecular weight excluding hydrogens is 262 g/mol. The van der Waals surface area contributed by atoms with Gasteiger partial charge in [-0.3, -0.25) is 0 Å². The molecule has 0 rings (SSSR count). The number of carboxylic acids is 2. The van der Waals surface area contributed by atoms with Gasteiger partial charge in [-0.1, -0.05) is 34.8 Å². The minimum atomic E-state index is -2.27. The van der Waals surface area contributed by atoms with Crippen LogP contribution in [0.4, 0.5) is 0 Å². The molecule has 6 nitrogen and oxygen atoms in total. The molecule has 2 atom stereocenters. The van der Waals surface area contributed by atoms with E-state index in [1.54, 1.807) is 0 Å². The molecule has 0 saturated carbocycles. The van der Waals surface area contributed by atoms with Crippen molar-refractivity contribution in [2.75, 3.05) is 0 Å². The molecule has 9 heteroatoms. The van der Waals surface area contributed by atoms with Gasteiger partial charge in [0.25, 0.3) is 0 Å². The summed E-state index contributed by atoms with van der Waals surface area (Å²) < 4.78 is -0.750. The SMILES string of the molecule is ClC(Cl)Cl.O=C(O)C(O)C(O)C(=O)O. The van der Waals surface area contributed by atoms with Crippen LogP contribution in [0.3, 0.4) is 0 Å². The van der Waals surface area contributed by atoms with E-state index in [1.807, 2.05) is 0 Å². The van der Waals surface area contributed by atoms with Gasteiger partial charge in [-0.15, -0.1) is 0 Å². The summed E-state index contributed by atoms with van der Waals surface area (Å²) in [5.41, 5.74) is 0. The maximum atomic E-state index is 9.77. The quantitative estimate of drug-likeness (QED) is 0.530. The Labute approximate surface area is 93.6 Å². The molecule has 0 aromatic rings. The molecule has 0 amide bonds. The van der Waals surface area contributed by atoms with E-state index < -0.39 is 28.4 Å². The molecule has 0 spiro atoms. The van der Waals surface area contributed by atoms with Gasteiger partial charge >= 0.3 is 11.9 Å². The van der Waals surface area contributed by atoms with Crippen molar-refractivity contribution in [3.8, 4) is 0 Å². The van der Waals surface area contributed by atoms with Gasteiger partial charge in [0.15, 0.2) is 16.5 Å². The molecule has 14 heavy (non-hydrogen) atoms. The maximum Gasteiger partial charge on any atom is 0.335 e. The lowest BCUT2D eigenvalue weighted by Gasteiger charge is -2.07. The Kier molecular flexibility index (Phi) is 9.32. The summed E-state index contributed by atoms with van der Waals surface area (Å²) in [5.74, 6) is -3.54. The van der Waals surface area contributed by atoms with Gasteiger partial charge in [0.05, 0.1) is 0 Å². The third-order valence-corrected chi connectivity index (χ3v) is 0.805. The lowest BCUT2D eigenvalue weighted by atomic mass is 10.2. The fourth-order valence-corrected chi connectivity index (χ4v) is 0.270. The van der Waals surface area contributed by atoms with Crippen LogP contribution in [0.5, 0.6) is 0 Å². The molecule has 84 valence electrons. The zero-order chi connectivity index (χ0) is 11.9. The fourth-order valence-electron chi connectivity index (χ4n) is 0.270. The van der Waals surface area contributed by atoms with Crippen LogP contribution in [0.1, 0.15) is 0 Å². The first kappa shape index (κ1) is 16.2. The van der Waals surface area contributed by atoms with Gasteiger partial charge < -0.3 is 20.4 Å². The van der Waals surface area contributed by atoms with Crippen LogP contribution in [0, 0.1) is 0 Å². The van der Waals surface area contributed by atoms with Crippen LogP contribution < -0.4 is 0 Å². The van der Waals surface area contributed by atoms with E-state index >= 15 is 0 Å². The summed E-state index contributed by atoms with van der Waals surface area (Å²) in [7, 11) is 0. The zero-order valence-electron chi connectivity index (χ0n) is 6.47. The van der Waals surface area contributed by atoms with Crippen LogP contribution >= 0.6 is 34.8 Å². The number of rotatable bonds is 3. The van der Waals surface area contributed by atoms with Gasteiger partial charge in [0.2, 0.25) is 0 Å². The number of carboxylic acid groups (broad SMARTS) is 2. The second kappa shape index (κ2) is 8.07. The second-order valence-electron chi connectivity index (χ2n) is 1.81. The average Bonchev–Trinajstić information content (AvgIpc) is 2.00. The highest BCUT2D eigenvalue weighted by atomic mass is 35.6. The van der Waals surface area contributed by atoms with Crippen molar-refractivity contribution in [2.24, 2.45) is 0 Å². The van der Waals surface area contributed by atoms with Crippen LogP contribution in [0.25, 0.3) is 0 Å². The fraction of sp³-hybridized carbons (Fsp3) is 0.600. The van der Waals surface area contributed by atoms with E-state index in [9.17, 15) is 9.59 Å². The number of hydrogen-bond acceptors (Lipinski definition) is 4. The summed E-state index contributed by atoms with van der Waals surface area (Å²) in [6, 6.07) is 0. The van der Waals surface area contributed by atoms with E-state index in [0.717, 1.165) is 0 Å². The highest BCUT2D eigenvalue weighted by molar-refractivity contribution is 6.63. The molecule has 4 N–H and O–H groups in total. The third-order valence-electron chi connectivity index (χ3n) is 0.805. The molecule has 0 aliphatic carbocycles. The lowest BCUT2D eigenvalue weighted by Crippen LogP contribution is -2.39. The normalized spacial score (nSPS) is 13.9. The Balaban J connectivity index is 0. The van der Waals surface area contributed by atoms with Crippen LogP contribution in [-0.4, -0.2) is 48.9 Å². The van der Waals surface area contributed by atoms with Crippen molar-refractivity contribution in [2.45, 2.75) is 16.5 Å². The highest BCUT2D eigenvalue weighted by Gasteiger charge is 2.29. The standard InChI is InChI=1S/C4H6O6.CHCl3/c5-1(3(7)8)2(6)4(9)10;2-1(3)4/h1-2,5-6H,(H,7,8)(H,9,10);1H. The summed E-state index contributed by atoms with van der Waals surface area (Å²) in [4.78, 5) is 19.5. The zero-order valence-corrected chi connectivity index (χ0v) is 8.74. The molecule has 2 unspecified atom stereocenters. The van der Waals surface area contributed by atoms with Crippen molar-refractivity contribution < 1.29 is 30.0 Å². The number of aliphatic carboxylic acids is 2. The summed E-state index contributed by atoms with van der Waals surface area (Å²) in [5, 5.41) is 32.5. The molecule has 0 aliphatic heterocycles. The Bertz CT molecular complexity index is 175. The smallest absolute Gasteiger partial charge is 0.335 e.